The monoisotopic (exact) mass is 279 g/mol. The molecule has 1 aliphatic rings. The zero-order valence-electron chi connectivity index (χ0n) is 11.5. The van der Waals surface area contributed by atoms with Crippen molar-refractivity contribution in [2.24, 2.45) is 0 Å². The molecular formula is C14H21N3OS. The molecule has 1 saturated carbocycles. The van der Waals surface area contributed by atoms with Crippen molar-refractivity contribution in [3.8, 4) is 0 Å². The number of anilines is 1. The van der Waals surface area contributed by atoms with E-state index in [2.05, 4.69) is 28.8 Å². The van der Waals surface area contributed by atoms with E-state index in [9.17, 15) is 4.79 Å². The second-order valence-electron chi connectivity index (χ2n) is 4.93. The van der Waals surface area contributed by atoms with Crippen molar-refractivity contribution in [1.29, 1.82) is 0 Å². The second-order valence-corrected chi connectivity index (χ2v) is 6.20. The van der Waals surface area contributed by atoms with Crippen molar-refractivity contribution in [1.82, 2.24) is 10.3 Å². The van der Waals surface area contributed by atoms with E-state index in [1.54, 1.807) is 12.3 Å². The molecule has 0 radical (unpaired) electrons. The van der Waals surface area contributed by atoms with Crippen LogP contribution in [0.3, 0.4) is 0 Å². The lowest BCUT2D eigenvalue weighted by molar-refractivity contribution is 0.0948. The van der Waals surface area contributed by atoms with E-state index >= 15 is 0 Å². The minimum absolute atomic E-state index is 0.0811. The fraction of sp³-hybridized carbons (Fsp3) is 0.571. The van der Waals surface area contributed by atoms with Crippen LogP contribution in [-0.2, 0) is 0 Å². The minimum Gasteiger partial charge on any atom is -0.384 e. The molecule has 4 nitrogen and oxygen atoms in total. The van der Waals surface area contributed by atoms with Crippen molar-refractivity contribution in [3.05, 3.63) is 24.0 Å². The van der Waals surface area contributed by atoms with Crippen LogP contribution in [-0.4, -0.2) is 35.0 Å². The van der Waals surface area contributed by atoms with Crippen LogP contribution in [0, 0.1) is 0 Å². The van der Waals surface area contributed by atoms with E-state index in [-0.39, 0.29) is 10.7 Å². The van der Waals surface area contributed by atoms with Crippen molar-refractivity contribution in [2.75, 3.05) is 24.7 Å². The molecule has 0 aliphatic heterocycles. The van der Waals surface area contributed by atoms with Crippen LogP contribution in [0.2, 0.25) is 0 Å². The molecule has 1 amide bonds. The number of thioether (sulfide) groups is 1. The molecule has 2 N–H and O–H groups in total. The maximum Gasteiger partial charge on any atom is 0.269 e. The minimum atomic E-state index is -0.0811. The molecule has 104 valence electrons. The highest BCUT2D eigenvalue weighted by Crippen LogP contribution is 2.46. The zero-order chi connectivity index (χ0) is 13.7. The number of pyridine rings is 1. The van der Waals surface area contributed by atoms with Gasteiger partial charge in [0.1, 0.15) is 5.69 Å². The molecule has 0 bridgehead atoms. The van der Waals surface area contributed by atoms with Crippen LogP contribution < -0.4 is 10.6 Å². The third-order valence-corrected chi connectivity index (χ3v) is 4.81. The summed E-state index contributed by atoms with van der Waals surface area (Å²) in [6, 6.07) is 3.67. The standard InChI is InChI=1S/C14H21N3OS/c1-3-8-15-11-4-5-12(16-9-11)13(18)17-10-14(19-2)6-7-14/h4-5,9,15H,3,6-8,10H2,1-2H3,(H,17,18). The van der Waals surface area contributed by atoms with Gasteiger partial charge in [0, 0.05) is 17.8 Å². The maximum absolute atomic E-state index is 12.0. The topological polar surface area (TPSA) is 54.0 Å². The third kappa shape index (κ3) is 3.86. The lowest BCUT2D eigenvalue weighted by atomic mass is 10.3. The van der Waals surface area contributed by atoms with Gasteiger partial charge in [-0.15, -0.1) is 0 Å². The number of amides is 1. The van der Waals surface area contributed by atoms with E-state index in [0.717, 1.165) is 25.2 Å². The molecule has 1 aromatic rings. The first kappa shape index (κ1) is 14.2. The highest BCUT2D eigenvalue weighted by Gasteiger charge is 2.41. The Balaban J connectivity index is 1.85. The van der Waals surface area contributed by atoms with Crippen LogP contribution in [0.15, 0.2) is 18.3 Å². The molecule has 2 rings (SSSR count). The number of carbonyl (C=O) groups excluding carboxylic acids is 1. The van der Waals surface area contributed by atoms with Crippen molar-refractivity contribution >= 4 is 23.4 Å². The fourth-order valence-electron chi connectivity index (χ4n) is 1.83. The van der Waals surface area contributed by atoms with E-state index in [1.807, 2.05) is 17.8 Å². The lowest BCUT2D eigenvalue weighted by Gasteiger charge is -2.12. The van der Waals surface area contributed by atoms with Crippen LogP contribution in [0.25, 0.3) is 0 Å². The van der Waals surface area contributed by atoms with E-state index in [4.69, 9.17) is 0 Å². The van der Waals surface area contributed by atoms with Crippen molar-refractivity contribution < 1.29 is 4.79 Å². The van der Waals surface area contributed by atoms with E-state index in [0.29, 0.717) is 5.69 Å². The maximum atomic E-state index is 12.0. The van der Waals surface area contributed by atoms with Gasteiger partial charge in [-0.05, 0) is 37.7 Å². The quantitative estimate of drug-likeness (QED) is 0.805. The number of rotatable bonds is 7. The summed E-state index contributed by atoms with van der Waals surface area (Å²) in [5.41, 5.74) is 1.44. The highest BCUT2D eigenvalue weighted by molar-refractivity contribution is 8.00. The summed E-state index contributed by atoms with van der Waals surface area (Å²) in [5, 5.41) is 6.21. The predicted molar refractivity (Wildman–Crippen MR) is 80.8 cm³/mol. The van der Waals surface area contributed by atoms with Gasteiger partial charge in [-0.2, -0.15) is 11.8 Å². The Morgan fingerprint density at radius 2 is 2.26 bits per heavy atom. The zero-order valence-corrected chi connectivity index (χ0v) is 12.3. The molecule has 0 saturated heterocycles. The molecule has 1 aromatic heterocycles. The number of nitrogens with one attached hydrogen (secondary N) is 2. The molecule has 1 aliphatic carbocycles. The Morgan fingerprint density at radius 3 is 2.79 bits per heavy atom. The van der Waals surface area contributed by atoms with Crippen LogP contribution in [0.5, 0.6) is 0 Å². The fourth-order valence-corrected chi connectivity index (χ4v) is 2.55. The molecular weight excluding hydrogens is 258 g/mol. The molecule has 0 unspecified atom stereocenters. The largest absolute Gasteiger partial charge is 0.384 e. The normalized spacial score (nSPS) is 15.9. The van der Waals surface area contributed by atoms with E-state index in [1.165, 1.54) is 12.8 Å². The van der Waals surface area contributed by atoms with Gasteiger partial charge in [0.2, 0.25) is 0 Å². The number of aromatic nitrogens is 1. The Hall–Kier alpha value is -1.23. The van der Waals surface area contributed by atoms with Crippen molar-refractivity contribution in [2.45, 2.75) is 30.9 Å². The Labute approximate surface area is 118 Å². The first-order chi connectivity index (χ1) is 9.19. The van der Waals surface area contributed by atoms with E-state index < -0.39 is 0 Å². The summed E-state index contributed by atoms with van der Waals surface area (Å²) in [4.78, 5) is 16.2. The highest BCUT2D eigenvalue weighted by atomic mass is 32.2. The Morgan fingerprint density at radius 1 is 1.47 bits per heavy atom. The molecule has 19 heavy (non-hydrogen) atoms. The SMILES string of the molecule is CCCNc1ccc(C(=O)NCC2(SC)CC2)nc1. The third-order valence-electron chi connectivity index (χ3n) is 3.39. The van der Waals surface area contributed by atoms with Gasteiger partial charge in [-0.1, -0.05) is 6.92 Å². The smallest absolute Gasteiger partial charge is 0.269 e. The predicted octanol–water partition coefficient (Wildman–Crippen LogP) is 2.53. The summed E-state index contributed by atoms with van der Waals surface area (Å²) in [6.45, 7) is 3.77. The van der Waals surface area contributed by atoms with Gasteiger partial charge in [-0.3, -0.25) is 4.79 Å². The van der Waals surface area contributed by atoms with Gasteiger partial charge >= 0.3 is 0 Å². The average Bonchev–Trinajstić information content (AvgIpc) is 3.24. The molecule has 0 atom stereocenters. The molecule has 5 heteroatoms. The van der Waals surface area contributed by atoms with Gasteiger partial charge in [0.15, 0.2) is 0 Å². The van der Waals surface area contributed by atoms with Gasteiger partial charge in [0.25, 0.3) is 5.91 Å². The van der Waals surface area contributed by atoms with Crippen LogP contribution >= 0.6 is 11.8 Å². The van der Waals surface area contributed by atoms with Gasteiger partial charge in [0.05, 0.1) is 11.9 Å². The number of nitrogens with zero attached hydrogens (tertiary/aromatic N) is 1. The molecule has 1 fully saturated rings. The summed E-state index contributed by atoms with van der Waals surface area (Å²) in [7, 11) is 0. The number of hydrogen-bond acceptors (Lipinski definition) is 4. The molecule has 1 heterocycles. The summed E-state index contributed by atoms with van der Waals surface area (Å²) in [5.74, 6) is -0.0811. The number of hydrogen-bond donors (Lipinski definition) is 2. The van der Waals surface area contributed by atoms with Crippen LogP contribution in [0.4, 0.5) is 5.69 Å². The summed E-state index contributed by atoms with van der Waals surface area (Å²) in [6.07, 6.45) is 7.28. The van der Waals surface area contributed by atoms with Gasteiger partial charge < -0.3 is 10.6 Å². The lowest BCUT2D eigenvalue weighted by Crippen LogP contribution is -2.32. The molecule has 0 spiro atoms. The number of carbonyl (C=O) groups is 1. The Kier molecular flexibility index (Phi) is 4.69. The summed E-state index contributed by atoms with van der Waals surface area (Å²) >= 11 is 1.84. The Bertz CT molecular complexity index is 429. The molecule has 0 aromatic carbocycles. The average molecular weight is 279 g/mol. The van der Waals surface area contributed by atoms with Crippen LogP contribution in [0.1, 0.15) is 36.7 Å². The van der Waals surface area contributed by atoms with Gasteiger partial charge in [-0.25, -0.2) is 4.98 Å². The first-order valence-corrected chi connectivity index (χ1v) is 7.95. The van der Waals surface area contributed by atoms with Crippen molar-refractivity contribution in [3.63, 3.8) is 0 Å². The summed E-state index contributed by atoms with van der Waals surface area (Å²) < 4.78 is 0.290. The first-order valence-electron chi connectivity index (χ1n) is 6.72. The second kappa shape index (κ2) is 6.28.